The summed E-state index contributed by atoms with van der Waals surface area (Å²) in [6.07, 6.45) is 8.47. The van der Waals surface area contributed by atoms with Gasteiger partial charge in [-0.25, -0.2) is 4.39 Å². The molecule has 0 aliphatic heterocycles. The molecule has 1 amide bonds. The minimum Gasteiger partial charge on any atom is -0.496 e. The Labute approximate surface area is 228 Å². The second kappa shape index (κ2) is 14.5. The highest BCUT2D eigenvalue weighted by atomic mass is 32.2. The molecular formula is C30H35FN4O2S. The van der Waals surface area contributed by atoms with Crippen LogP contribution >= 0.6 is 11.8 Å². The van der Waals surface area contributed by atoms with Crippen LogP contribution in [0.4, 0.5) is 4.39 Å². The quantitative estimate of drug-likeness (QED) is 0.151. The Morgan fingerprint density at radius 2 is 1.87 bits per heavy atom. The number of ether oxygens (including phenoxy) is 1. The molecule has 0 fully saturated rings. The average molecular weight is 535 g/mol. The highest BCUT2D eigenvalue weighted by Crippen LogP contribution is 2.27. The summed E-state index contributed by atoms with van der Waals surface area (Å²) in [6, 6.07) is 18.1. The smallest absolute Gasteiger partial charge is 0.220 e. The van der Waals surface area contributed by atoms with Gasteiger partial charge < -0.3 is 14.6 Å². The molecule has 0 saturated heterocycles. The number of benzene rings is 2. The molecule has 8 heteroatoms. The predicted octanol–water partition coefficient (Wildman–Crippen LogP) is 6.22. The van der Waals surface area contributed by atoms with Crippen LogP contribution in [-0.4, -0.2) is 33.5 Å². The lowest BCUT2D eigenvalue weighted by atomic mass is 10.1. The normalized spacial score (nSPS) is 13.1. The number of hydrogen-bond donors (Lipinski definition) is 1. The highest BCUT2D eigenvalue weighted by molar-refractivity contribution is 7.99. The first kappa shape index (κ1) is 27.6. The van der Waals surface area contributed by atoms with E-state index in [0.29, 0.717) is 31.6 Å². The van der Waals surface area contributed by atoms with Crippen LogP contribution in [-0.2, 0) is 30.7 Å². The van der Waals surface area contributed by atoms with Gasteiger partial charge in [-0.1, -0.05) is 71.9 Å². The standard InChI is InChI=1S/C30H35FN4O2S/c1-37-27-15-6-5-13-25(27)21-32-29(36)17-8-7-16-28-33-34-30(38-22-24-12-9-14-26(31)20-24)35(28)19-18-23-10-3-2-4-11-23/h2-6,10-15H,7-9,16-22H2,1H3,(H,32,36). The summed E-state index contributed by atoms with van der Waals surface area (Å²) in [6.45, 7) is 1.23. The molecule has 0 bridgehead atoms. The average Bonchev–Trinajstić information content (AvgIpc) is 3.34. The molecule has 1 N–H and O–H groups in total. The molecule has 200 valence electrons. The molecule has 2 aromatic carbocycles. The number of nitrogens with zero attached hydrogens (tertiary/aromatic N) is 3. The summed E-state index contributed by atoms with van der Waals surface area (Å²) in [5.74, 6) is 2.39. The number of aromatic nitrogens is 3. The van der Waals surface area contributed by atoms with E-state index < -0.39 is 0 Å². The van der Waals surface area contributed by atoms with E-state index in [1.54, 1.807) is 24.9 Å². The number of carbonyl (C=O) groups excluding carboxylic acids is 1. The fourth-order valence-corrected chi connectivity index (χ4v) is 5.39. The van der Waals surface area contributed by atoms with Crippen LogP contribution < -0.4 is 10.1 Å². The van der Waals surface area contributed by atoms with Crippen LogP contribution in [0.15, 0.2) is 83.3 Å². The van der Waals surface area contributed by atoms with E-state index in [2.05, 4.69) is 50.4 Å². The van der Waals surface area contributed by atoms with Crippen molar-refractivity contribution >= 4 is 17.7 Å². The molecule has 3 aromatic rings. The van der Waals surface area contributed by atoms with Gasteiger partial charge in [-0.2, -0.15) is 0 Å². The van der Waals surface area contributed by atoms with Crippen molar-refractivity contribution in [1.29, 1.82) is 0 Å². The molecule has 0 radical (unpaired) electrons. The fraction of sp³-hybridized carbons (Fsp3) is 0.367. The molecule has 0 saturated carbocycles. The molecule has 38 heavy (non-hydrogen) atoms. The van der Waals surface area contributed by atoms with Crippen molar-refractivity contribution in [3.05, 3.63) is 95.1 Å². The van der Waals surface area contributed by atoms with Gasteiger partial charge in [0, 0.05) is 43.7 Å². The van der Waals surface area contributed by atoms with Gasteiger partial charge in [0.05, 0.1) is 7.11 Å². The van der Waals surface area contributed by atoms with E-state index >= 15 is 0 Å². The number of aryl methyl sites for hydroxylation is 2. The fourth-order valence-electron chi connectivity index (χ4n) is 4.40. The molecule has 1 heterocycles. The molecular weight excluding hydrogens is 499 g/mol. The van der Waals surface area contributed by atoms with Crippen molar-refractivity contribution in [2.24, 2.45) is 0 Å². The van der Waals surface area contributed by atoms with E-state index in [1.807, 2.05) is 30.3 Å². The number of para-hydroxylation sites is 1. The molecule has 1 aromatic heterocycles. The predicted molar refractivity (Wildman–Crippen MR) is 150 cm³/mol. The number of hydrogen-bond acceptors (Lipinski definition) is 5. The lowest BCUT2D eigenvalue weighted by Crippen LogP contribution is -2.22. The number of halogens is 1. The topological polar surface area (TPSA) is 69.0 Å². The summed E-state index contributed by atoms with van der Waals surface area (Å²) in [5.41, 5.74) is 3.31. The molecule has 0 spiro atoms. The summed E-state index contributed by atoms with van der Waals surface area (Å²) >= 11 is 1.62. The third-order valence-electron chi connectivity index (χ3n) is 6.51. The largest absolute Gasteiger partial charge is 0.496 e. The lowest BCUT2D eigenvalue weighted by molar-refractivity contribution is -0.121. The number of rotatable bonds is 14. The lowest BCUT2D eigenvalue weighted by Gasteiger charge is -2.12. The van der Waals surface area contributed by atoms with E-state index in [1.165, 1.54) is 5.56 Å². The second-order valence-corrected chi connectivity index (χ2v) is 10.2. The zero-order valence-electron chi connectivity index (χ0n) is 21.9. The first-order valence-electron chi connectivity index (χ1n) is 13.1. The number of thioether (sulfide) groups is 1. The maximum Gasteiger partial charge on any atom is 0.220 e. The number of carbonyl (C=O) groups is 1. The van der Waals surface area contributed by atoms with Gasteiger partial charge >= 0.3 is 0 Å². The number of amides is 1. The molecule has 4 rings (SSSR count). The van der Waals surface area contributed by atoms with Crippen LogP contribution in [0.5, 0.6) is 5.75 Å². The Morgan fingerprint density at radius 1 is 1.05 bits per heavy atom. The van der Waals surface area contributed by atoms with Crippen LogP contribution in [0.2, 0.25) is 0 Å². The maximum atomic E-state index is 13.7. The molecule has 0 unspecified atom stereocenters. The first-order valence-corrected chi connectivity index (χ1v) is 14.1. The van der Waals surface area contributed by atoms with Crippen LogP contribution in [0.25, 0.3) is 0 Å². The maximum absolute atomic E-state index is 13.7. The van der Waals surface area contributed by atoms with Crippen molar-refractivity contribution in [3.8, 4) is 5.75 Å². The van der Waals surface area contributed by atoms with Crippen molar-refractivity contribution in [2.45, 2.75) is 63.2 Å². The zero-order valence-corrected chi connectivity index (χ0v) is 22.7. The molecule has 1 aliphatic rings. The summed E-state index contributed by atoms with van der Waals surface area (Å²) in [7, 11) is 1.63. The number of unbranched alkanes of at least 4 members (excludes halogenated alkanes) is 1. The van der Waals surface area contributed by atoms with E-state index in [9.17, 15) is 9.18 Å². The summed E-state index contributed by atoms with van der Waals surface area (Å²) in [4.78, 5) is 12.4. The van der Waals surface area contributed by atoms with Crippen LogP contribution in [0.1, 0.15) is 49.1 Å². The SMILES string of the molecule is COc1ccccc1CNC(=O)CCCCc1nnc(SCC2=CCC=C(F)C2)n1CCc1ccccc1. The Bertz CT molecular complexity index is 1260. The van der Waals surface area contributed by atoms with Crippen molar-refractivity contribution in [1.82, 2.24) is 20.1 Å². The van der Waals surface area contributed by atoms with Crippen LogP contribution in [0.3, 0.4) is 0 Å². The number of nitrogens with one attached hydrogen (secondary N) is 1. The number of methoxy groups -OCH3 is 1. The van der Waals surface area contributed by atoms with Gasteiger partial charge in [0.25, 0.3) is 0 Å². The second-order valence-electron chi connectivity index (χ2n) is 9.30. The minimum absolute atomic E-state index is 0.0275. The van der Waals surface area contributed by atoms with Gasteiger partial charge in [0.1, 0.15) is 17.4 Å². The van der Waals surface area contributed by atoms with Crippen molar-refractivity contribution in [3.63, 3.8) is 0 Å². The Balaban J connectivity index is 1.29. The third-order valence-corrected chi connectivity index (χ3v) is 7.59. The van der Waals surface area contributed by atoms with Gasteiger partial charge in [-0.05, 0) is 43.4 Å². The van der Waals surface area contributed by atoms with Gasteiger partial charge in [0.2, 0.25) is 5.91 Å². The zero-order chi connectivity index (χ0) is 26.6. The monoisotopic (exact) mass is 534 g/mol. The Kier molecular flexibility index (Phi) is 10.6. The molecule has 6 nitrogen and oxygen atoms in total. The van der Waals surface area contributed by atoms with Gasteiger partial charge in [0.15, 0.2) is 5.16 Å². The van der Waals surface area contributed by atoms with Crippen molar-refractivity contribution in [2.75, 3.05) is 12.9 Å². The summed E-state index contributed by atoms with van der Waals surface area (Å²) < 4.78 is 21.2. The van der Waals surface area contributed by atoms with E-state index in [-0.39, 0.29) is 11.7 Å². The van der Waals surface area contributed by atoms with E-state index in [0.717, 1.165) is 60.1 Å². The first-order chi connectivity index (χ1) is 18.6. The highest BCUT2D eigenvalue weighted by Gasteiger charge is 2.15. The number of allylic oxidation sites excluding steroid dienone is 3. The third kappa shape index (κ3) is 8.31. The van der Waals surface area contributed by atoms with Gasteiger partial charge in [-0.3, -0.25) is 4.79 Å². The van der Waals surface area contributed by atoms with E-state index in [4.69, 9.17) is 4.74 Å². The Hall–Kier alpha value is -3.39. The minimum atomic E-state index is -0.0544. The molecule has 1 aliphatic carbocycles. The molecule has 0 atom stereocenters. The van der Waals surface area contributed by atoms with Crippen molar-refractivity contribution < 1.29 is 13.9 Å². The van der Waals surface area contributed by atoms with Gasteiger partial charge in [-0.15, -0.1) is 10.2 Å². The van der Waals surface area contributed by atoms with Crippen LogP contribution in [0, 0.1) is 0 Å². The summed E-state index contributed by atoms with van der Waals surface area (Å²) in [5, 5.41) is 12.8. The Morgan fingerprint density at radius 3 is 2.68 bits per heavy atom.